The molecule has 0 saturated heterocycles. The van der Waals surface area contributed by atoms with E-state index in [4.69, 9.17) is 0 Å². The predicted molar refractivity (Wildman–Crippen MR) is 33.5 cm³/mol. The van der Waals surface area contributed by atoms with Crippen LogP contribution in [0.25, 0.3) is 0 Å². The van der Waals surface area contributed by atoms with Crippen LogP contribution in [0.2, 0.25) is 0 Å². The summed E-state index contributed by atoms with van der Waals surface area (Å²) >= 11 is 0. The molecule has 50 valence electrons. The van der Waals surface area contributed by atoms with Crippen LogP contribution in [-0.4, -0.2) is 6.10 Å². The monoisotopic (exact) mass is 122 g/mol. The molecule has 2 heteroatoms. The van der Waals surface area contributed by atoms with Gasteiger partial charge in [-0.2, -0.15) is 0 Å². The van der Waals surface area contributed by atoms with Crippen LogP contribution in [0, 0.1) is 11.8 Å². The molecule has 0 fully saturated rings. The van der Waals surface area contributed by atoms with Gasteiger partial charge in [-0.25, -0.2) is 0 Å². The van der Waals surface area contributed by atoms with Crippen molar-refractivity contribution in [3.05, 3.63) is 0 Å². The predicted octanol–water partition coefficient (Wildman–Crippen LogP) is -1.97. The summed E-state index contributed by atoms with van der Waals surface area (Å²) in [6.45, 7) is 7.88. The molecule has 0 saturated carbocycles. The van der Waals surface area contributed by atoms with Gasteiger partial charge in [0.2, 0.25) is 0 Å². The van der Waals surface area contributed by atoms with Gasteiger partial charge in [0.15, 0.2) is 0 Å². The number of hydrogen-bond acceptors (Lipinski definition) is 1. The van der Waals surface area contributed by atoms with Crippen molar-refractivity contribution >= 4 is 0 Å². The summed E-state index contributed by atoms with van der Waals surface area (Å²) in [5.74, 6) is 0.574. The van der Waals surface area contributed by atoms with Crippen LogP contribution in [0.5, 0.6) is 0 Å². The van der Waals surface area contributed by atoms with Crippen LogP contribution in [-0.2, 0) is 0 Å². The van der Waals surface area contributed by atoms with Crippen molar-refractivity contribution in [2.24, 2.45) is 11.8 Å². The van der Waals surface area contributed by atoms with Gasteiger partial charge in [0, 0.05) is 0 Å². The Morgan fingerprint density at radius 2 is 1.11 bits per heavy atom. The molecule has 0 bridgehead atoms. The Morgan fingerprint density at radius 1 is 0.889 bits per heavy atom. The van der Waals surface area contributed by atoms with Gasteiger partial charge in [-0.05, 0) is 0 Å². The van der Waals surface area contributed by atoms with Crippen molar-refractivity contribution in [3.8, 4) is 0 Å². The zero-order chi connectivity index (χ0) is 6.73. The largest absolute Gasteiger partial charge is 1.00 e. The second-order valence-corrected chi connectivity index (χ2v) is 2.95. The van der Waals surface area contributed by atoms with Crippen molar-refractivity contribution in [3.63, 3.8) is 0 Å². The first-order chi connectivity index (χ1) is 3.55. The van der Waals surface area contributed by atoms with E-state index in [9.17, 15) is 5.11 Å². The molecule has 0 aliphatic heterocycles. The van der Waals surface area contributed by atoms with Gasteiger partial charge in [-0.1, -0.05) is 39.5 Å². The summed E-state index contributed by atoms with van der Waals surface area (Å²) in [6, 6.07) is 0. The van der Waals surface area contributed by atoms with Crippen molar-refractivity contribution in [1.82, 2.24) is 0 Å². The van der Waals surface area contributed by atoms with Crippen molar-refractivity contribution in [1.29, 1.82) is 0 Å². The van der Waals surface area contributed by atoms with Gasteiger partial charge in [-0.3, -0.25) is 0 Å². The molecule has 0 aromatic carbocycles. The Labute approximate surface area is 70.0 Å². The molecule has 0 rings (SSSR count). The minimum Gasteiger partial charge on any atom is -0.852 e. The maximum absolute atomic E-state index is 10.9. The Morgan fingerprint density at radius 3 is 1.11 bits per heavy atom. The summed E-state index contributed by atoms with van der Waals surface area (Å²) < 4.78 is 0. The van der Waals surface area contributed by atoms with E-state index in [0.29, 0.717) is 0 Å². The Kier molecular flexibility index (Phi) is 7.29. The van der Waals surface area contributed by atoms with E-state index in [1.165, 1.54) is 0 Å². The van der Waals surface area contributed by atoms with Gasteiger partial charge < -0.3 is 5.11 Å². The second-order valence-electron chi connectivity index (χ2n) is 2.95. The zero-order valence-corrected chi connectivity index (χ0v) is 7.14. The molecule has 0 atom stereocenters. The third kappa shape index (κ3) is 5.02. The average molecular weight is 122 g/mol. The smallest absolute Gasteiger partial charge is 0.852 e. The van der Waals surface area contributed by atoms with Crippen LogP contribution >= 0.6 is 0 Å². The van der Waals surface area contributed by atoms with E-state index in [1.807, 2.05) is 27.7 Å². The summed E-state index contributed by atoms with van der Waals surface area (Å²) in [6.07, 6.45) is -0.380. The van der Waals surface area contributed by atoms with E-state index in [0.717, 1.165) is 0 Å². The normalized spacial score (nSPS) is 10.7. The summed E-state index contributed by atoms with van der Waals surface area (Å²) in [7, 11) is 0. The molecule has 0 aliphatic rings. The molecule has 0 radical (unpaired) electrons. The molecule has 0 aromatic rings. The topological polar surface area (TPSA) is 23.1 Å². The molecule has 1 nitrogen and oxygen atoms in total. The molecular weight excluding hydrogens is 107 g/mol. The van der Waals surface area contributed by atoms with Crippen molar-refractivity contribution < 1.29 is 24.0 Å². The Hall–Kier alpha value is 0.557. The van der Waals surface area contributed by atoms with Crippen LogP contribution in [0.15, 0.2) is 0 Å². The Balaban J connectivity index is 0. The molecule has 0 amide bonds. The second kappa shape index (κ2) is 5.35. The van der Waals surface area contributed by atoms with Crippen molar-refractivity contribution in [2.45, 2.75) is 33.8 Å². The first kappa shape index (κ1) is 12.3. The third-order valence-electron chi connectivity index (χ3n) is 1.31. The zero-order valence-electron chi connectivity index (χ0n) is 7.14. The maximum atomic E-state index is 10.9. The molecule has 0 N–H and O–H groups in total. The molecule has 0 unspecified atom stereocenters. The fourth-order valence-electron chi connectivity index (χ4n) is 0.770. The summed E-state index contributed by atoms with van der Waals surface area (Å²) in [4.78, 5) is 0. The van der Waals surface area contributed by atoms with Crippen molar-refractivity contribution in [2.75, 3.05) is 0 Å². The molecule has 9 heavy (non-hydrogen) atoms. The van der Waals surface area contributed by atoms with Crippen LogP contribution in [0.3, 0.4) is 0 Å². The minimum atomic E-state index is -0.380. The van der Waals surface area contributed by atoms with E-state index < -0.39 is 0 Å². The Bertz CT molecular complexity index is 53.9. The standard InChI is InChI=1S/C7H15O.Li/c1-5(2)7(8)6(3)4;/h5-7H,1-4H3;/q-1;+1. The van der Waals surface area contributed by atoms with E-state index >= 15 is 0 Å². The molecule has 0 aliphatic carbocycles. The summed E-state index contributed by atoms with van der Waals surface area (Å²) in [5.41, 5.74) is 0. The first-order valence-corrected chi connectivity index (χ1v) is 3.21. The fraction of sp³-hybridized carbons (Fsp3) is 1.00. The van der Waals surface area contributed by atoms with E-state index in [1.54, 1.807) is 0 Å². The van der Waals surface area contributed by atoms with Gasteiger partial charge in [0.25, 0.3) is 0 Å². The summed E-state index contributed by atoms with van der Waals surface area (Å²) in [5, 5.41) is 10.9. The molecule has 0 spiro atoms. The van der Waals surface area contributed by atoms with Gasteiger partial charge in [0.05, 0.1) is 0 Å². The third-order valence-corrected chi connectivity index (χ3v) is 1.31. The van der Waals surface area contributed by atoms with Gasteiger partial charge >= 0.3 is 18.9 Å². The van der Waals surface area contributed by atoms with Crippen LogP contribution < -0.4 is 24.0 Å². The molecule has 0 heterocycles. The van der Waals surface area contributed by atoms with Gasteiger partial charge in [-0.15, -0.1) is 6.10 Å². The van der Waals surface area contributed by atoms with Gasteiger partial charge in [0.1, 0.15) is 0 Å². The van der Waals surface area contributed by atoms with Crippen LogP contribution in [0.1, 0.15) is 27.7 Å². The molecular formula is C7H15LiO. The van der Waals surface area contributed by atoms with Crippen LogP contribution in [0.4, 0.5) is 0 Å². The average Bonchev–Trinajstić information content (AvgIpc) is 1.64. The van der Waals surface area contributed by atoms with E-state index in [-0.39, 0.29) is 36.8 Å². The fourth-order valence-corrected chi connectivity index (χ4v) is 0.770. The quantitative estimate of drug-likeness (QED) is 0.390. The number of rotatable bonds is 2. The first-order valence-electron chi connectivity index (χ1n) is 3.21. The molecule has 0 aromatic heterocycles. The number of hydrogen-bond donors (Lipinski definition) is 0. The SMILES string of the molecule is CC(C)C([O-])C(C)C.[Li+]. The minimum absolute atomic E-state index is 0. The van der Waals surface area contributed by atoms with E-state index in [2.05, 4.69) is 0 Å². The maximum Gasteiger partial charge on any atom is 1.00 e.